The number of carbonyl (C=O) groups is 2. The van der Waals surface area contributed by atoms with Crippen molar-refractivity contribution in [2.75, 3.05) is 11.9 Å². The average Bonchev–Trinajstić information content (AvgIpc) is 2.36. The first kappa shape index (κ1) is 16.5. The number of amides is 1. The second kappa shape index (κ2) is 7.87. The van der Waals surface area contributed by atoms with E-state index in [2.05, 4.69) is 10.6 Å². The third-order valence-electron chi connectivity index (χ3n) is 2.61. The average molecular weight is 299 g/mol. The number of anilines is 1. The van der Waals surface area contributed by atoms with Gasteiger partial charge >= 0.3 is 5.97 Å². The molecular weight excluding hydrogens is 280 g/mol. The molecule has 0 aliphatic heterocycles. The van der Waals surface area contributed by atoms with Gasteiger partial charge in [0.25, 0.3) is 0 Å². The van der Waals surface area contributed by atoms with Gasteiger partial charge in [0.15, 0.2) is 0 Å². The smallest absolute Gasteiger partial charge is 0.321 e. The van der Waals surface area contributed by atoms with Gasteiger partial charge in [-0.05, 0) is 24.6 Å². The molecule has 0 aromatic heterocycles. The number of nitrogens with one attached hydrogen (secondary N) is 2. The quantitative estimate of drug-likeness (QED) is 0.722. The second-order valence-corrected chi connectivity index (χ2v) is 5.33. The number of aliphatic carboxylic acids is 1. The van der Waals surface area contributed by atoms with Gasteiger partial charge < -0.3 is 15.7 Å². The van der Waals surface area contributed by atoms with E-state index in [1.807, 2.05) is 13.8 Å². The summed E-state index contributed by atoms with van der Waals surface area (Å²) in [5.74, 6) is -1.12. The van der Waals surface area contributed by atoms with Crippen molar-refractivity contribution in [3.8, 4) is 0 Å². The van der Waals surface area contributed by atoms with Gasteiger partial charge in [0.1, 0.15) is 6.04 Å². The molecule has 20 heavy (non-hydrogen) atoms. The fourth-order valence-electron chi connectivity index (χ4n) is 1.57. The fraction of sp³-hybridized carbons (Fsp3) is 0.429. The van der Waals surface area contributed by atoms with Crippen molar-refractivity contribution in [1.82, 2.24) is 5.32 Å². The zero-order valence-corrected chi connectivity index (χ0v) is 12.3. The zero-order chi connectivity index (χ0) is 15.1. The number of hydrogen-bond acceptors (Lipinski definition) is 3. The van der Waals surface area contributed by atoms with E-state index < -0.39 is 12.0 Å². The minimum absolute atomic E-state index is 0.146. The minimum atomic E-state index is -1.04. The first-order chi connectivity index (χ1) is 9.40. The van der Waals surface area contributed by atoms with Crippen LogP contribution in [0.4, 0.5) is 5.69 Å². The lowest BCUT2D eigenvalue weighted by Gasteiger charge is -2.16. The fourth-order valence-corrected chi connectivity index (χ4v) is 1.76. The minimum Gasteiger partial charge on any atom is -0.480 e. The molecule has 1 rings (SSSR count). The topological polar surface area (TPSA) is 78.4 Å². The normalized spacial score (nSPS) is 12.2. The molecule has 0 aliphatic rings. The Morgan fingerprint density at radius 2 is 1.95 bits per heavy atom. The molecule has 5 nitrogen and oxygen atoms in total. The molecule has 6 heteroatoms. The van der Waals surface area contributed by atoms with E-state index in [0.29, 0.717) is 23.2 Å². The number of para-hydroxylation sites is 1. The second-order valence-electron chi connectivity index (χ2n) is 4.93. The summed E-state index contributed by atoms with van der Waals surface area (Å²) < 4.78 is 0. The van der Waals surface area contributed by atoms with Crippen LogP contribution >= 0.6 is 11.6 Å². The summed E-state index contributed by atoms with van der Waals surface area (Å²) in [7, 11) is 0. The van der Waals surface area contributed by atoms with Gasteiger partial charge in [-0.25, -0.2) is 0 Å². The predicted octanol–water partition coefficient (Wildman–Crippen LogP) is 2.37. The molecule has 0 radical (unpaired) electrons. The molecule has 0 heterocycles. The molecule has 0 aliphatic carbocycles. The number of rotatable bonds is 7. The number of carboxylic acids is 1. The Hall–Kier alpha value is -1.59. The van der Waals surface area contributed by atoms with Crippen molar-refractivity contribution in [2.45, 2.75) is 26.3 Å². The van der Waals surface area contributed by atoms with Crippen LogP contribution in [0.15, 0.2) is 24.3 Å². The van der Waals surface area contributed by atoms with Crippen LogP contribution in [0.3, 0.4) is 0 Å². The monoisotopic (exact) mass is 298 g/mol. The largest absolute Gasteiger partial charge is 0.480 e. The third kappa shape index (κ3) is 5.59. The highest BCUT2D eigenvalue weighted by Crippen LogP contribution is 2.20. The summed E-state index contributed by atoms with van der Waals surface area (Å²) in [6.45, 7) is 4.47. The molecule has 0 fully saturated rings. The molecule has 0 spiro atoms. The number of benzene rings is 1. The Labute approximate surface area is 123 Å². The summed E-state index contributed by atoms with van der Waals surface area (Å²) in [6.07, 6.45) is -0.146. The Balaban J connectivity index is 2.58. The van der Waals surface area contributed by atoms with Crippen LogP contribution in [-0.4, -0.2) is 29.6 Å². The molecule has 1 atom stereocenters. The van der Waals surface area contributed by atoms with E-state index in [0.717, 1.165) is 0 Å². The van der Waals surface area contributed by atoms with Gasteiger partial charge in [-0.15, -0.1) is 0 Å². The Kier molecular flexibility index (Phi) is 6.48. The third-order valence-corrected chi connectivity index (χ3v) is 2.94. The SMILES string of the molecule is CC(C)CNC(CC(=O)Nc1ccccc1Cl)C(=O)O. The number of halogens is 1. The summed E-state index contributed by atoms with van der Waals surface area (Å²) >= 11 is 5.92. The summed E-state index contributed by atoms with van der Waals surface area (Å²) in [5, 5.41) is 15.0. The molecular formula is C14H19ClN2O3. The van der Waals surface area contributed by atoms with Crippen molar-refractivity contribution in [3.63, 3.8) is 0 Å². The van der Waals surface area contributed by atoms with Crippen molar-refractivity contribution >= 4 is 29.2 Å². The molecule has 110 valence electrons. The Bertz CT molecular complexity index is 477. The van der Waals surface area contributed by atoms with Crippen molar-refractivity contribution in [2.24, 2.45) is 5.92 Å². The van der Waals surface area contributed by atoms with Crippen LogP contribution in [0.5, 0.6) is 0 Å². The maximum absolute atomic E-state index is 11.9. The summed E-state index contributed by atoms with van der Waals surface area (Å²) in [5.41, 5.74) is 0.479. The van der Waals surface area contributed by atoms with Crippen LogP contribution in [0.2, 0.25) is 5.02 Å². The summed E-state index contributed by atoms with van der Waals surface area (Å²) in [4.78, 5) is 22.9. The molecule has 0 saturated carbocycles. The summed E-state index contributed by atoms with van der Waals surface area (Å²) in [6, 6.07) is 5.91. The standard InChI is InChI=1S/C14H19ClN2O3/c1-9(2)8-16-12(14(19)20)7-13(18)17-11-6-4-3-5-10(11)15/h3-6,9,12,16H,7-8H2,1-2H3,(H,17,18)(H,19,20). The van der Waals surface area contributed by atoms with E-state index >= 15 is 0 Å². The highest BCUT2D eigenvalue weighted by atomic mass is 35.5. The highest BCUT2D eigenvalue weighted by Gasteiger charge is 2.21. The first-order valence-corrected chi connectivity index (χ1v) is 6.78. The van der Waals surface area contributed by atoms with E-state index in [4.69, 9.17) is 16.7 Å². The maximum atomic E-state index is 11.9. The van der Waals surface area contributed by atoms with E-state index in [1.165, 1.54) is 0 Å². The van der Waals surface area contributed by atoms with Crippen LogP contribution < -0.4 is 10.6 Å². The number of carboxylic acid groups (broad SMARTS) is 1. The van der Waals surface area contributed by atoms with Crippen LogP contribution in [0, 0.1) is 5.92 Å². The van der Waals surface area contributed by atoms with Gasteiger partial charge in [-0.2, -0.15) is 0 Å². The lowest BCUT2D eigenvalue weighted by Crippen LogP contribution is -2.41. The van der Waals surface area contributed by atoms with Gasteiger partial charge in [0.05, 0.1) is 17.1 Å². The van der Waals surface area contributed by atoms with E-state index in [1.54, 1.807) is 24.3 Å². The van der Waals surface area contributed by atoms with Crippen molar-refractivity contribution in [1.29, 1.82) is 0 Å². The molecule has 0 bridgehead atoms. The molecule has 3 N–H and O–H groups in total. The van der Waals surface area contributed by atoms with Gasteiger partial charge in [0.2, 0.25) is 5.91 Å². The van der Waals surface area contributed by atoms with Crippen LogP contribution in [0.25, 0.3) is 0 Å². The zero-order valence-electron chi connectivity index (χ0n) is 11.5. The molecule has 1 unspecified atom stereocenters. The molecule has 1 aromatic rings. The molecule has 1 amide bonds. The van der Waals surface area contributed by atoms with Gasteiger partial charge in [-0.1, -0.05) is 37.6 Å². The van der Waals surface area contributed by atoms with Gasteiger partial charge in [-0.3, -0.25) is 9.59 Å². The highest BCUT2D eigenvalue weighted by molar-refractivity contribution is 6.33. The van der Waals surface area contributed by atoms with Gasteiger partial charge in [0, 0.05) is 0 Å². The Morgan fingerprint density at radius 1 is 1.30 bits per heavy atom. The van der Waals surface area contributed by atoms with Crippen molar-refractivity contribution in [3.05, 3.63) is 29.3 Å². The molecule has 1 aromatic carbocycles. The maximum Gasteiger partial charge on any atom is 0.321 e. The number of carbonyl (C=O) groups excluding carboxylic acids is 1. The Morgan fingerprint density at radius 3 is 2.50 bits per heavy atom. The van der Waals surface area contributed by atoms with Crippen LogP contribution in [0.1, 0.15) is 20.3 Å². The van der Waals surface area contributed by atoms with Crippen LogP contribution in [-0.2, 0) is 9.59 Å². The lowest BCUT2D eigenvalue weighted by atomic mass is 10.1. The van der Waals surface area contributed by atoms with E-state index in [-0.39, 0.29) is 12.3 Å². The lowest BCUT2D eigenvalue weighted by molar-refractivity contribution is -0.141. The van der Waals surface area contributed by atoms with Crippen molar-refractivity contribution < 1.29 is 14.7 Å². The first-order valence-electron chi connectivity index (χ1n) is 6.40. The molecule has 0 saturated heterocycles. The number of hydrogen-bond donors (Lipinski definition) is 3. The van der Waals surface area contributed by atoms with E-state index in [9.17, 15) is 9.59 Å². The predicted molar refractivity (Wildman–Crippen MR) is 79.0 cm³/mol.